The summed E-state index contributed by atoms with van der Waals surface area (Å²) in [6.07, 6.45) is 4.66. The van der Waals surface area contributed by atoms with Gasteiger partial charge in [-0.3, -0.25) is 9.78 Å². The maximum Gasteiger partial charge on any atom is 0.223 e. The molecule has 0 aliphatic carbocycles. The van der Waals surface area contributed by atoms with Crippen LogP contribution in [-0.2, 0) is 11.3 Å². The summed E-state index contributed by atoms with van der Waals surface area (Å²) in [7, 11) is 0. The molecule has 4 nitrogen and oxygen atoms in total. The first-order valence-electron chi connectivity index (χ1n) is 6.94. The number of nitrogens with zero attached hydrogens (tertiary/aromatic N) is 1. The molecule has 0 fully saturated rings. The van der Waals surface area contributed by atoms with Crippen molar-refractivity contribution in [2.45, 2.75) is 52.6 Å². The van der Waals surface area contributed by atoms with Crippen LogP contribution < -0.4 is 11.1 Å². The average molecular weight is 263 g/mol. The molecule has 1 amide bonds. The van der Waals surface area contributed by atoms with Gasteiger partial charge in [0.05, 0.1) is 0 Å². The monoisotopic (exact) mass is 263 g/mol. The number of carbonyl (C=O) groups is 1. The van der Waals surface area contributed by atoms with Crippen molar-refractivity contribution in [3.8, 4) is 0 Å². The van der Waals surface area contributed by atoms with Gasteiger partial charge >= 0.3 is 0 Å². The van der Waals surface area contributed by atoms with Gasteiger partial charge in [0, 0.05) is 30.4 Å². The topological polar surface area (TPSA) is 68.0 Å². The van der Waals surface area contributed by atoms with Crippen molar-refractivity contribution in [1.82, 2.24) is 10.3 Å². The summed E-state index contributed by atoms with van der Waals surface area (Å²) in [5, 5.41) is 2.95. The van der Waals surface area contributed by atoms with Crippen molar-refractivity contribution in [2.75, 3.05) is 0 Å². The second-order valence-corrected chi connectivity index (χ2v) is 5.33. The summed E-state index contributed by atoms with van der Waals surface area (Å²) < 4.78 is 0. The zero-order valence-electron chi connectivity index (χ0n) is 12.1. The highest BCUT2D eigenvalue weighted by atomic mass is 16.1. The number of amides is 1. The maximum atomic E-state index is 11.9. The van der Waals surface area contributed by atoms with Gasteiger partial charge in [-0.15, -0.1) is 0 Å². The van der Waals surface area contributed by atoms with E-state index in [1.54, 1.807) is 6.20 Å². The third kappa shape index (κ3) is 6.34. The molecule has 3 N–H and O–H groups in total. The molecule has 19 heavy (non-hydrogen) atoms. The van der Waals surface area contributed by atoms with Gasteiger partial charge in [0.1, 0.15) is 0 Å². The Labute approximate surface area is 115 Å². The maximum absolute atomic E-state index is 11.9. The predicted octanol–water partition coefficient (Wildman–Crippen LogP) is 2.16. The molecule has 0 saturated heterocycles. The van der Waals surface area contributed by atoms with Crippen molar-refractivity contribution < 1.29 is 4.79 Å². The Morgan fingerprint density at radius 1 is 1.37 bits per heavy atom. The van der Waals surface area contributed by atoms with Gasteiger partial charge in [-0.2, -0.15) is 0 Å². The Bertz CT molecular complexity index is 387. The number of hydrogen-bond donors (Lipinski definition) is 2. The Morgan fingerprint density at radius 2 is 2.11 bits per heavy atom. The number of pyridine rings is 1. The van der Waals surface area contributed by atoms with E-state index in [1.807, 2.05) is 32.9 Å². The quantitative estimate of drug-likeness (QED) is 0.792. The minimum Gasteiger partial charge on any atom is -0.352 e. The molecule has 2 atom stereocenters. The minimum atomic E-state index is 0.0390. The largest absolute Gasteiger partial charge is 0.352 e. The van der Waals surface area contributed by atoms with Crippen molar-refractivity contribution in [3.05, 3.63) is 29.6 Å². The van der Waals surface area contributed by atoms with Gasteiger partial charge in [-0.25, -0.2) is 0 Å². The number of nitrogens with one attached hydrogen (secondary N) is 1. The zero-order chi connectivity index (χ0) is 14.3. The van der Waals surface area contributed by atoms with Crippen molar-refractivity contribution in [2.24, 2.45) is 11.7 Å². The molecule has 0 spiro atoms. The lowest BCUT2D eigenvalue weighted by molar-refractivity contribution is -0.124. The Morgan fingerprint density at radius 3 is 2.68 bits per heavy atom. The highest BCUT2D eigenvalue weighted by Crippen LogP contribution is 2.09. The third-order valence-corrected chi connectivity index (χ3v) is 3.18. The summed E-state index contributed by atoms with van der Waals surface area (Å²) in [5.41, 5.74) is 7.71. The summed E-state index contributed by atoms with van der Waals surface area (Å²) in [6.45, 7) is 6.45. The molecular formula is C15H25N3O. The fraction of sp³-hybridized carbons (Fsp3) is 0.600. The number of carbonyl (C=O) groups excluding carboxylic acids is 1. The first kappa shape index (κ1) is 15.6. The predicted molar refractivity (Wildman–Crippen MR) is 77.5 cm³/mol. The third-order valence-electron chi connectivity index (χ3n) is 3.18. The molecule has 4 heteroatoms. The fourth-order valence-electron chi connectivity index (χ4n) is 1.84. The second kappa shape index (κ2) is 7.89. The van der Waals surface area contributed by atoms with Crippen molar-refractivity contribution in [3.63, 3.8) is 0 Å². The Hall–Kier alpha value is -1.42. The van der Waals surface area contributed by atoms with Crippen LogP contribution in [0.2, 0.25) is 0 Å². The van der Waals surface area contributed by atoms with E-state index < -0.39 is 0 Å². The molecule has 0 aliphatic heterocycles. The minimum absolute atomic E-state index is 0.0390. The summed E-state index contributed by atoms with van der Waals surface area (Å²) >= 11 is 0. The number of aryl methyl sites for hydroxylation is 1. The Balaban J connectivity index is 2.28. The molecule has 2 unspecified atom stereocenters. The van der Waals surface area contributed by atoms with E-state index in [2.05, 4.69) is 10.3 Å². The van der Waals surface area contributed by atoms with E-state index in [0.717, 1.165) is 30.5 Å². The number of aromatic nitrogens is 1. The Kier molecular flexibility index (Phi) is 6.50. The number of hydrogen-bond acceptors (Lipinski definition) is 3. The van der Waals surface area contributed by atoms with Crippen LogP contribution in [0.3, 0.4) is 0 Å². The standard InChI is InChI=1S/C15H25N3O/c1-11(5-4-6-12(2)16)15(19)18-10-14-8-7-13(3)17-9-14/h7-9,11-12H,4-6,10,16H2,1-3H3,(H,18,19). The van der Waals surface area contributed by atoms with E-state index in [9.17, 15) is 4.79 Å². The SMILES string of the molecule is Cc1ccc(CNC(=O)C(C)CCCC(C)N)cn1. The molecule has 0 saturated carbocycles. The first-order chi connectivity index (χ1) is 8.99. The van der Waals surface area contributed by atoms with E-state index >= 15 is 0 Å². The van der Waals surface area contributed by atoms with Crippen LogP contribution in [0.4, 0.5) is 0 Å². The molecule has 1 aromatic rings. The lowest BCUT2D eigenvalue weighted by Crippen LogP contribution is -2.29. The molecule has 0 aromatic carbocycles. The second-order valence-electron chi connectivity index (χ2n) is 5.33. The van der Waals surface area contributed by atoms with Gasteiger partial charge < -0.3 is 11.1 Å². The van der Waals surface area contributed by atoms with Crippen LogP contribution in [-0.4, -0.2) is 16.9 Å². The average Bonchev–Trinajstić information content (AvgIpc) is 2.37. The first-order valence-corrected chi connectivity index (χ1v) is 6.94. The van der Waals surface area contributed by atoms with E-state index in [0.29, 0.717) is 6.54 Å². The van der Waals surface area contributed by atoms with E-state index in [1.165, 1.54) is 0 Å². The lowest BCUT2D eigenvalue weighted by Gasteiger charge is -2.13. The fourth-order valence-corrected chi connectivity index (χ4v) is 1.84. The van der Waals surface area contributed by atoms with Crippen LogP contribution in [0.5, 0.6) is 0 Å². The van der Waals surface area contributed by atoms with Crippen LogP contribution in [0.25, 0.3) is 0 Å². The van der Waals surface area contributed by atoms with E-state index in [4.69, 9.17) is 5.73 Å². The highest BCUT2D eigenvalue weighted by Gasteiger charge is 2.12. The zero-order valence-corrected chi connectivity index (χ0v) is 12.1. The smallest absolute Gasteiger partial charge is 0.223 e. The normalized spacial score (nSPS) is 13.9. The molecule has 0 radical (unpaired) electrons. The van der Waals surface area contributed by atoms with Gasteiger partial charge in [0.25, 0.3) is 0 Å². The van der Waals surface area contributed by atoms with Gasteiger partial charge in [0.2, 0.25) is 5.91 Å². The summed E-state index contributed by atoms with van der Waals surface area (Å²) in [4.78, 5) is 16.1. The number of nitrogens with two attached hydrogens (primary N) is 1. The lowest BCUT2D eigenvalue weighted by atomic mass is 10.0. The highest BCUT2D eigenvalue weighted by molar-refractivity contribution is 5.78. The summed E-state index contributed by atoms with van der Waals surface area (Å²) in [6, 6.07) is 4.16. The van der Waals surface area contributed by atoms with Gasteiger partial charge in [-0.1, -0.05) is 19.4 Å². The molecule has 0 bridgehead atoms. The number of rotatable bonds is 7. The molecule has 1 heterocycles. The molecule has 1 aromatic heterocycles. The van der Waals surface area contributed by atoms with Gasteiger partial charge in [0.15, 0.2) is 0 Å². The van der Waals surface area contributed by atoms with Crippen molar-refractivity contribution >= 4 is 5.91 Å². The summed E-state index contributed by atoms with van der Waals surface area (Å²) in [5.74, 6) is 0.141. The van der Waals surface area contributed by atoms with Crippen LogP contribution in [0, 0.1) is 12.8 Å². The molecule has 0 aliphatic rings. The molecule has 106 valence electrons. The molecular weight excluding hydrogens is 238 g/mol. The van der Waals surface area contributed by atoms with Crippen LogP contribution >= 0.6 is 0 Å². The van der Waals surface area contributed by atoms with E-state index in [-0.39, 0.29) is 17.9 Å². The van der Waals surface area contributed by atoms with Gasteiger partial charge in [-0.05, 0) is 38.3 Å². The molecule has 1 rings (SSSR count). The van der Waals surface area contributed by atoms with Crippen LogP contribution in [0.1, 0.15) is 44.4 Å². The van der Waals surface area contributed by atoms with Crippen LogP contribution in [0.15, 0.2) is 18.3 Å². The van der Waals surface area contributed by atoms with Crippen molar-refractivity contribution in [1.29, 1.82) is 0 Å².